The van der Waals surface area contributed by atoms with Crippen LogP contribution in [0.5, 0.6) is 17.2 Å². The Morgan fingerprint density at radius 2 is 1.87 bits per heavy atom. The summed E-state index contributed by atoms with van der Waals surface area (Å²) in [7, 11) is 2.81. The fraction of sp³-hybridized carbons (Fsp3) is 0.143. The van der Waals surface area contributed by atoms with Crippen LogP contribution in [0.25, 0.3) is 16.9 Å². The number of H-pyrrole nitrogens is 1. The Balaban J connectivity index is 1.79. The molecule has 1 N–H and O–H groups in total. The molecule has 0 aliphatic heterocycles. The van der Waals surface area contributed by atoms with Gasteiger partial charge in [0.15, 0.2) is 33.6 Å². The van der Waals surface area contributed by atoms with E-state index in [0.717, 1.165) is 11.6 Å². The second kappa shape index (κ2) is 8.52. The summed E-state index contributed by atoms with van der Waals surface area (Å²) in [4.78, 5) is 7.42. The third-order valence-corrected chi connectivity index (χ3v) is 5.25. The highest BCUT2D eigenvalue weighted by atomic mass is 35.5. The van der Waals surface area contributed by atoms with E-state index < -0.39 is 11.6 Å². The second-order valence-electron chi connectivity index (χ2n) is 6.43. The number of imidazole rings is 1. The van der Waals surface area contributed by atoms with Gasteiger partial charge in [-0.25, -0.2) is 13.8 Å². The number of nitrogens with zero attached hydrogens (tertiary/aromatic N) is 2. The highest BCUT2D eigenvalue weighted by molar-refractivity contribution is 7.71. The van der Waals surface area contributed by atoms with Crippen LogP contribution in [0.15, 0.2) is 42.6 Å². The number of rotatable bonds is 6. The number of methoxy groups -OCH3 is 2. The molecule has 4 aromatic rings. The van der Waals surface area contributed by atoms with E-state index in [1.807, 2.05) is 6.07 Å². The highest BCUT2D eigenvalue weighted by Crippen LogP contribution is 2.37. The first kappa shape index (κ1) is 21.1. The van der Waals surface area contributed by atoms with Gasteiger partial charge in [-0.05, 0) is 36.5 Å². The lowest BCUT2D eigenvalue weighted by Gasteiger charge is -2.16. The molecule has 2 aromatic carbocycles. The second-order valence-corrected chi connectivity index (χ2v) is 7.22. The molecule has 31 heavy (non-hydrogen) atoms. The van der Waals surface area contributed by atoms with Crippen LogP contribution in [0, 0.1) is 16.4 Å². The van der Waals surface area contributed by atoms with E-state index in [-0.39, 0.29) is 23.7 Å². The van der Waals surface area contributed by atoms with Crippen LogP contribution in [0.4, 0.5) is 8.78 Å². The number of halogens is 3. The molecule has 0 fully saturated rings. The Morgan fingerprint density at radius 3 is 2.61 bits per heavy atom. The maximum Gasteiger partial charge on any atom is 0.184 e. The average molecular weight is 464 g/mol. The zero-order chi connectivity index (χ0) is 22.1. The highest BCUT2D eigenvalue weighted by Gasteiger charge is 2.19. The molecule has 4 rings (SSSR count). The number of aromatic nitrogens is 3. The summed E-state index contributed by atoms with van der Waals surface area (Å²) >= 11 is 11.9. The summed E-state index contributed by atoms with van der Waals surface area (Å²) in [5.74, 6) is -1.33. The van der Waals surface area contributed by atoms with Crippen molar-refractivity contribution in [3.8, 4) is 22.9 Å². The van der Waals surface area contributed by atoms with Crippen LogP contribution in [-0.2, 0) is 6.61 Å². The summed E-state index contributed by atoms with van der Waals surface area (Å²) in [6, 6.07) is 9.09. The Morgan fingerprint density at radius 1 is 1.10 bits per heavy atom. The van der Waals surface area contributed by atoms with Crippen molar-refractivity contribution in [2.45, 2.75) is 6.61 Å². The minimum absolute atomic E-state index is 0.0635. The molecular formula is C21H16ClF2N3O3S. The topological polar surface area (TPSA) is 61.3 Å². The molecule has 0 amide bonds. The lowest BCUT2D eigenvalue weighted by atomic mass is 10.2. The molecule has 0 aliphatic rings. The SMILES string of the molecule is COc1cc(Cl)c(-n2c(=S)[nH]c3cccnc32)cc1OCc1c(OC)ccc(F)c1F. The summed E-state index contributed by atoms with van der Waals surface area (Å²) in [5.41, 5.74) is 1.72. The average Bonchev–Trinajstić information content (AvgIpc) is 3.10. The molecule has 6 nitrogen and oxygen atoms in total. The van der Waals surface area contributed by atoms with Crippen molar-refractivity contribution in [1.29, 1.82) is 0 Å². The van der Waals surface area contributed by atoms with Crippen molar-refractivity contribution >= 4 is 35.0 Å². The molecule has 0 saturated heterocycles. The summed E-state index contributed by atoms with van der Waals surface area (Å²) in [6.45, 7) is -0.304. The molecule has 2 heterocycles. The van der Waals surface area contributed by atoms with Gasteiger partial charge in [-0.3, -0.25) is 4.57 Å². The van der Waals surface area contributed by atoms with Crippen LogP contribution in [0.3, 0.4) is 0 Å². The van der Waals surface area contributed by atoms with Gasteiger partial charge in [0.2, 0.25) is 0 Å². The Bertz CT molecular complexity index is 1340. The van der Waals surface area contributed by atoms with E-state index in [2.05, 4.69) is 9.97 Å². The maximum absolute atomic E-state index is 14.3. The zero-order valence-corrected chi connectivity index (χ0v) is 18.0. The van der Waals surface area contributed by atoms with E-state index >= 15 is 0 Å². The van der Waals surface area contributed by atoms with Gasteiger partial charge in [0, 0.05) is 18.3 Å². The zero-order valence-electron chi connectivity index (χ0n) is 16.4. The number of fused-ring (bicyclic) bond motifs is 1. The first-order valence-electron chi connectivity index (χ1n) is 9.02. The van der Waals surface area contributed by atoms with Crippen LogP contribution in [0.1, 0.15) is 5.56 Å². The van der Waals surface area contributed by atoms with Crippen LogP contribution < -0.4 is 14.2 Å². The van der Waals surface area contributed by atoms with Crippen LogP contribution in [0.2, 0.25) is 5.02 Å². The van der Waals surface area contributed by atoms with Crippen molar-refractivity contribution in [2.24, 2.45) is 0 Å². The molecule has 0 spiro atoms. The predicted octanol–water partition coefficient (Wildman–Crippen LogP) is 5.61. The quantitative estimate of drug-likeness (QED) is 0.376. The lowest BCUT2D eigenvalue weighted by molar-refractivity contribution is 0.270. The van der Waals surface area contributed by atoms with E-state index in [1.165, 1.54) is 20.3 Å². The molecular weight excluding hydrogens is 448 g/mol. The fourth-order valence-electron chi connectivity index (χ4n) is 3.18. The summed E-state index contributed by atoms with van der Waals surface area (Å²) in [6.07, 6.45) is 1.63. The number of aromatic amines is 1. The molecule has 0 bridgehead atoms. The first-order chi connectivity index (χ1) is 14.9. The lowest BCUT2D eigenvalue weighted by Crippen LogP contribution is -2.05. The number of hydrogen-bond acceptors (Lipinski definition) is 5. The third kappa shape index (κ3) is 3.82. The number of pyridine rings is 1. The van der Waals surface area contributed by atoms with E-state index in [9.17, 15) is 8.78 Å². The van der Waals surface area contributed by atoms with E-state index in [1.54, 1.807) is 29.0 Å². The van der Waals surface area contributed by atoms with Crippen molar-refractivity contribution < 1.29 is 23.0 Å². The molecule has 0 radical (unpaired) electrons. The predicted molar refractivity (Wildman–Crippen MR) is 115 cm³/mol. The van der Waals surface area contributed by atoms with Crippen molar-refractivity contribution in [3.63, 3.8) is 0 Å². The van der Waals surface area contributed by atoms with E-state index in [0.29, 0.717) is 26.9 Å². The summed E-state index contributed by atoms with van der Waals surface area (Å²) in [5, 5.41) is 0.335. The standard InChI is InChI=1S/C21H16ClF2N3O3S/c1-28-16-6-5-13(23)19(24)11(16)10-30-18-9-15(12(22)8-17(18)29-2)27-20-14(26-21(27)31)4-3-7-25-20/h3-9H,10H2,1-2H3,(H,26,31). The Hall–Kier alpha value is -3.17. The summed E-state index contributed by atoms with van der Waals surface area (Å²) < 4.78 is 46.3. The molecule has 160 valence electrons. The van der Waals surface area contributed by atoms with Crippen LogP contribution >= 0.6 is 23.8 Å². The smallest absolute Gasteiger partial charge is 0.184 e. The molecule has 0 aliphatic carbocycles. The van der Waals surface area contributed by atoms with E-state index in [4.69, 9.17) is 38.0 Å². The third-order valence-electron chi connectivity index (χ3n) is 4.66. The van der Waals surface area contributed by atoms with Gasteiger partial charge in [0.1, 0.15) is 12.4 Å². The van der Waals surface area contributed by atoms with Gasteiger partial charge in [0.25, 0.3) is 0 Å². The fourth-order valence-corrected chi connectivity index (χ4v) is 3.72. The number of ether oxygens (including phenoxy) is 3. The maximum atomic E-state index is 14.3. The molecule has 0 saturated carbocycles. The van der Waals surface area contributed by atoms with Gasteiger partial charge >= 0.3 is 0 Å². The van der Waals surface area contributed by atoms with Crippen molar-refractivity contribution in [1.82, 2.24) is 14.5 Å². The van der Waals surface area contributed by atoms with Gasteiger partial charge in [-0.1, -0.05) is 11.6 Å². The largest absolute Gasteiger partial charge is 0.496 e. The van der Waals surface area contributed by atoms with Gasteiger partial charge in [0.05, 0.1) is 36.0 Å². The molecule has 0 atom stereocenters. The van der Waals surface area contributed by atoms with Crippen molar-refractivity contribution in [2.75, 3.05) is 14.2 Å². The van der Waals surface area contributed by atoms with Crippen molar-refractivity contribution in [3.05, 3.63) is 69.6 Å². The first-order valence-corrected chi connectivity index (χ1v) is 9.80. The monoisotopic (exact) mass is 463 g/mol. The number of nitrogens with one attached hydrogen (secondary N) is 1. The van der Waals surface area contributed by atoms with Gasteiger partial charge in [-0.15, -0.1) is 0 Å². The molecule has 2 aromatic heterocycles. The molecule has 0 unspecified atom stereocenters. The minimum atomic E-state index is -1.05. The van der Waals surface area contributed by atoms with Gasteiger partial charge < -0.3 is 19.2 Å². The Kier molecular flexibility index (Phi) is 5.79. The Labute approximate surface area is 186 Å². The normalized spacial score (nSPS) is 11.0. The van der Waals surface area contributed by atoms with Gasteiger partial charge in [-0.2, -0.15) is 0 Å². The number of hydrogen-bond donors (Lipinski definition) is 1. The molecule has 10 heteroatoms. The van der Waals surface area contributed by atoms with Crippen LogP contribution in [-0.4, -0.2) is 28.8 Å². The minimum Gasteiger partial charge on any atom is -0.496 e. The number of benzene rings is 2.